The third kappa shape index (κ3) is 14.3. The van der Waals surface area contributed by atoms with Crippen LogP contribution in [0.5, 0.6) is 0 Å². The Hall–Kier alpha value is -3.37. The smallest absolute Gasteiger partial charge is 0.329 e. The second-order valence-corrected chi connectivity index (χ2v) is 19.6. The van der Waals surface area contributed by atoms with Crippen LogP contribution >= 0.6 is 0 Å². The van der Waals surface area contributed by atoms with E-state index in [1.165, 1.54) is 12.0 Å². The van der Waals surface area contributed by atoms with Gasteiger partial charge in [-0.05, 0) is 107 Å². The van der Waals surface area contributed by atoms with Crippen molar-refractivity contribution < 1.29 is 63.0 Å². The predicted octanol–water partition coefficient (Wildman–Crippen LogP) is 6.18. The lowest BCUT2D eigenvalue weighted by Gasteiger charge is -2.42. The van der Waals surface area contributed by atoms with Crippen molar-refractivity contribution in [2.24, 2.45) is 35.5 Å². The van der Waals surface area contributed by atoms with E-state index in [1.54, 1.807) is 41.1 Å². The number of aliphatic hydroxyl groups is 3. The number of rotatable bonds is 6. The maximum Gasteiger partial charge on any atom is 0.329 e. The average molecular weight is 914 g/mol. The SMILES string of the molecule is CO[C@H]1C[C@@H]2CC[C@@H](C)[C@@](O)(O2)C(=O)C(=O)N2CCCC[C@H]2C(=O)O[C@H]([C@H](C)C[C@@H]2CC[C@@H](O)[C@H](OC)C2)CC(=O)[C@H](C)/C=C(/C)[C@@H](O)[C@@H](OC)C(=O)[C@H](C)C[C@H](C)C=CC=CC=C1C. The van der Waals surface area contributed by atoms with Crippen molar-refractivity contribution in [3.8, 4) is 0 Å². The number of Topliss-reactive ketones (excluding diaryl/α,β-unsaturated/α-hetero) is 3. The van der Waals surface area contributed by atoms with Gasteiger partial charge in [-0.2, -0.15) is 0 Å². The van der Waals surface area contributed by atoms with Crippen molar-refractivity contribution in [3.63, 3.8) is 0 Å². The summed E-state index contributed by atoms with van der Waals surface area (Å²) in [6.45, 7) is 12.7. The summed E-state index contributed by atoms with van der Waals surface area (Å²) in [4.78, 5) is 71.8. The van der Waals surface area contributed by atoms with Gasteiger partial charge in [0.25, 0.3) is 11.7 Å². The molecule has 2 bridgehead atoms. The Morgan fingerprint density at radius 3 is 2.25 bits per heavy atom. The van der Waals surface area contributed by atoms with E-state index in [-0.39, 0.29) is 54.8 Å². The van der Waals surface area contributed by atoms with E-state index in [9.17, 15) is 39.3 Å². The molecule has 3 fully saturated rings. The minimum Gasteiger partial charge on any atom is -0.460 e. The normalized spacial score (nSPS) is 38.6. The first-order chi connectivity index (χ1) is 30.7. The Labute approximate surface area is 387 Å². The monoisotopic (exact) mass is 914 g/mol. The fraction of sp³-hybridized carbons (Fsp3) is 0.745. The van der Waals surface area contributed by atoms with Gasteiger partial charge in [0, 0.05) is 58.5 Å². The van der Waals surface area contributed by atoms with Crippen LogP contribution in [0.25, 0.3) is 0 Å². The summed E-state index contributed by atoms with van der Waals surface area (Å²) >= 11 is 0. The molecule has 14 nitrogen and oxygen atoms in total. The number of cyclic esters (lactones) is 1. The summed E-state index contributed by atoms with van der Waals surface area (Å²) in [5, 5.41) is 33.8. The Morgan fingerprint density at radius 1 is 0.846 bits per heavy atom. The summed E-state index contributed by atoms with van der Waals surface area (Å²) < 4.78 is 29.4. The van der Waals surface area contributed by atoms with Crippen LogP contribution in [0.2, 0.25) is 0 Å². The highest BCUT2D eigenvalue weighted by Crippen LogP contribution is 2.38. The lowest BCUT2D eigenvalue weighted by molar-refractivity contribution is -0.265. The third-order valence-corrected chi connectivity index (χ3v) is 14.5. The van der Waals surface area contributed by atoms with E-state index >= 15 is 0 Å². The van der Waals surface area contributed by atoms with Crippen molar-refractivity contribution >= 4 is 29.2 Å². The van der Waals surface area contributed by atoms with Gasteiger partial charge in [-0.3, -0.25) is 19.2 Å². The number of allylic oxidation sites excluding steroid dienone is 6. The topological polar surface area (TPSA) is 195 Å². The summed E-state index contributed by atoms with van der Waals surface area (Å²) in [7, 11) is 4.52. The van der Waals surface area contributed by atoms with Crippen LogP contribution in [0.15, 0.2) is 47.6 Å². The number of nitrogens with zero attached hydrogens (tertiary/aromatic N) is 1. The quantitative estimate of drug-likeness (QED) is 0.156. The molecule has 366 valence electrons. The third-order valence-electron chi connectivity index (χ3n) is 14.5. The summed E-state index contributed by atoms with van der Waals surface area (Å²) in [6.07, 6.45) is 11.2. The van der Waals surface area contributed by atoms with Crippen LogP contribution in [0.3, 0.4) is 0 Å². The Kier molecular flexibility index (Phi) is 21.0. The zero-order valence-electron chi connectivity index (χ0n) is 40.6. The predicted molar refractivity (Wildman–Crippen MR) is 245 cm³/mol. The van der Waals surface area contributed by atoms with E-state index < -0.39 is 83.9 Å². The maximum atomic E-state index is 14.4. The fourth-order valence-electron chi connectivity index (χ4n) is 10.1. The number of carbonyl (C=O) groups excluding carboxylic acids is 5. The highest BCUT2D eigenvalue weighted by atomic mass is 16.6. The van der Waals surface area contributed by atoms with Crippen molar-refractivity contribution in [2.45, 2.75) is 180 Å². The van der Waals surface area contributed by atoms with Crippen LogP contribution in [-0.4, -0.2) is 132 Å². The van der Waals surface area contributed by atoms with Gasteiger partial charge in [0.15, 0.2) is 5.78 Å². The highest BCUT2D eigenvalue weighted by Gasteiger charge is 2.53. The van der Waals surface area contributed by atoms with Crippen LogP contribution in [0.1, 0.15) is 126 Å². The van der Waals surface area contributed by atoms with E-state index in [1.807, 2.05) is 58.1 Å². The van der Waals surface area contributed by atoms with Gasteiger partial charge >= 0.3 is 5.97 Å². The molecule has 1 aliphatic carbocycles. The molecule has 0 aromatic heterocycles. The summed E-state index contributed by atoms with van der Waals surface area (Å²) in [5.74, 6) is -7.96. The maximum absolute atomic E-state index is 14.4. The number of esters is 1. The number of hydrogen-bond acceptors (Lipinski definition) is 13. The molecule has 3 heterocycles. The number of amides is 1. The standard InChI is InChI=1S/C51H79NO13/c1-30-16-12-11-13-17-31(2)42(61-8)28-38-21-19-36(7)51(60,65-38)48(57)49(58)52-23-15-14-18-39(52)50(59)64-43(33(4)26-37-20-22-40(53)44(27-37)62-9)29-41(54)32(3)25-35(6)46(56)47(63-10)45(55)34(5)24-30/h11-13,16-17,25,30,32-34,36-40,42-44,46-47,53,56,60H,14-15,18-24,26-29H2,1-10H3/b13-11?,16-12?,31-17?,35-25-/t30-,32-,33-,34-,36-,37+,38+,39+,40-,42+,43+,44-,46-,47+,51-/m1/s1. The Morgan fingerprint density at radius 2 is 1.57 bits per heavy atom. The second kappa shape index (κ2) is 25.1. The van der Waals surface area contributed by atoms with Gasteiger partial charge < -0.3 is 43.9 Å². The van der Waals surface area contributed by atoms with E-state index in [0.717, 1.165) is 12.0 Å². The molecule has 15 atom stereocenters. The zero-order valence-corrected chi connectivity index (χ0v) is 40.6. The molecule has 1 amide bonds. The van der Waals surface area contributed by atoms with E-state index in [2.05, 4.69) is 0 Å². The molecule has 0 spiro atoms. The molecule has 1 saturated carbocycles. The van der Waals surface area contributed by atoms with Gasteiger partial charge in [-0.25, -0.2) is 4.79 Å². The number of piperidine rings is 1. The summed E-state index contributed by atoms with van der Waals surface area (Å²) in [6, 6.07) is -1.14. The number of fused-ring (bicyclic) bond motifs is 3. The lowest BCUT2D eigenvalue weighted by Crippen LogP contribution is -2.61. The van der Waals surface area contributed by atoms with Gasteiger partial charge in [0.2, 0.25) is 5.79 Å². The largest absolute Gasteiger partial charge is 0.460 e. The molecule has 3 aliphatic heterocycles. The molecule has 14 heteroatoms. The first-order valence-electron chi connectivity index (χ1n) is 23.9. The summed E-state index contributed by atoms with van der Waals surface area (Å²) in [5.41, 5.74) is 1.27. The van der Waals surface area contributed by atoms with E-state index in [4.69, 9.17) is 23.7 Å². The van der Waals surface area contributed by atoms with Crippen molar-refractivity contribution in [3.05, 3.63) is 47.6 Å². The van der Waals surface area contributed by atoms with E-state index in [0.29, 0.717) is 63.4 Å². The molecule has 0 unspecified atom stereocenters. The number of carbonyl (C=O) groups is 5. The average Bonchev–Trinajstić information content (AvgIpc) is 3.28. The Balaban J connectivity index is 1.70. The first kappa shape index (κ1) is 54.2. The van der Waals surface area contributed by atoms with Crippen LogP contribution < -0.4 is 0 Å². The molecular formula is C51H79NO13. The fourth-order valence-corrected chi connectivity index (χ4v) is 10.1. The number of hydrogen-bond donors (Lipinski definition) is 3. The van der Waals surface area contributed by atoms with Crippen LogP contribution in [-0.2, 0) is 47.7 Å². The molecule has 3 N–H and O–H groups in total. The van der Waals surface area contributed by atoms with Crippen molar-refractivity contribution in [1.82, 2.24) is 4.90 Å². The van der Waals surface area contributed by atoms with Crippen molar-refractivity contribution in [2.75, 3.05) is 27.9 Å². The number of methoxy groups -OCH3 is 3. The van der Waals surface area contributed by atoms with Crippen LogP contribution in [0.4, 0.5) is 0 Å². The van der Waals surface area contributed by atoms with Gasteiger partial charge in [0.1, 0.15) is 30.1 Å². The minimum atomic E-state index is -2.43. The molecule has 4 rings (SSSR count). The Bertz CT molecular complexity index is 1760. The highest BCUT2D eigenvalue weighted by molar-refractivity contribution is 6.39. The first-order valence-corrected chi connectivity index (χ1v) is 23.9. The van der Waals surface area contributed by atoms with Crippen molar-refractivity contribution in [1.29, 1.82) is 0 Å². The molecule has 0 aromatic rings. The molecule has 0 aromatic carbocycles. The number of aliphatic hydroxyl groups excluding tert-OH is 2. The molecule has 0 radical (unpaired) electrons. The molecule has 4 aliphatic rings. The number of ether oxygens (including phenoxy) is 5. The van der Waals surface area contributed by atoms with Gasteiger partial charge in [-0.15, -0.1) is 0 Å². The zero-order chi connectivity index (χ0) is 48.2. The lowest BCUT2D eigenvalue weighted by atomic mass is 9.78. The molecule has 2 saturated heterocycles. The van der Waals surface area contributed by atoms with Crippen LogP contribution in [0, 0.1) is 35.5 Å². The number of ketones is 3. The molecular weight excluding hydrogens is 835 g/mol. The van der Waals surface area contributed by atoms with Gasteiger partial charge in [0.05, 0.1) is 24.4 Å². The molecule has 65 heavy (non-hydrogen) atoms. The van der Waals surface area contributed by atoms with Gasteiger partial charge in [-0.1, -0.05) is 71.1 Å². The minimum absolute atomic E-state index is 0.0193. The second-order valence-electron chi connectivity index (χ2n) is 19.6.